The Morgan fingerprint density at radius 3 is 3.19 bits per heavy atom. The molecule has 4 heteroatoms. The highest BCUT2D eigenvalue weighted by Crippen LogP contribution is 2.15. The van der Waals surface area contributed by atoms with Crippen LogP contribution in [0, 0.1) is 5.92 Å². The van der Waals surface area contributed by atoms with Crippen molar-refractivity contribution in [3.05, 3.63) is 24.2 Å². The molecule has 0 spiro atoms. The minimum Gasteiger partial charge on any atom is -0.461 e. The minimum absolute atomic E-state index is 0.0580. The van der Waals surface area contributed by atoms with E-state index in [1.54, 1.807) is 12.1 Å². The zero-order chi connectivity index (χ0) is 11.4. The molecule has 0 radical (unpaired) electrons. The molecule has 1 aliphatic heterocycles. The highest BCUT2D eigenvalue weighted by Gasteiger charge is 2.21. The van der Waals surface area contributed by atoms with Crippen LogP contribution in [0.1, 0.15) is 23.4 Å². The molecule has 0 amide bonds. The normalized spacial score (nSPS) is 22.2. The van der Waals surface area contributed by atoms with Crippen LogP contribution >= 0.6 is 0 Å². The van der Waals surface area contributed by atoms with E-state index in [1.165, 1.54) is 12.7 Å². The van der Waals surface area contributed by atoms with E-state index < -0.39 is 0 Å². The van der Waals surface area contributed by atoms with Gasteiger partial charge in [-0.15, -0.1) is 0 Å². The third-order valence-electron chi connectivity index (χ3n) is 3.10. The van der Waals surface area contributed by atoms with Crippen LogP contribution in [0.4, 0.5) is 0 Å². The zero-order valence-corrected chi connectivity index (χ0v) is 9.39. The molecule has 16 heavy (non-hydrogen) atoms. The maximum Gasteiger partial charge on any atom is 0.211 e. The second-order valence-electron chi connectivity index (χ2n) is 4.38. The van der Waals surface area contributed by atoms with Gasteiger partial charge in [0.25, 0.3) is 0 Å². The Labute approximate surface area is 95.4 Å². The second kappa shape index (κ2) is 5.27. The molecule has 2 N–H and O–H groups in total. The maximum atomic E-state index is 11.8. The monoisotopic (exact) mass is 222 g/mol. The third kappa shape index (κ3) is 2.71. The first-order valence-corrected chi connectivity index (χ1v) is 5.78. The van der Waals surface area contributed by atoms with E-state index in [1.807, 2.05) is 0 Å². The average Bonchev–Trinajstić information content (AvgIpc) is 2.83. The number of hydrogen-bond acceptors (Lipinski definition) is 4. The van der Waals surface area contributed by atoms with Gasteiger partial charge in [0.15, 0.2) is 5.76 Å². The Bertz CT molecular complexity index is 335. The molecule has 0 aliphatic carbocycles. The van der Waals surface area contributed by atoms with Crippen LogP contribution in [0.25, 0.3) is 0 Å². The van der Waals surface area contributed by atoms with Crippen LogP contribution in [0.5, 0.6) is 0 Å². The number of carbonyl (C=O) groups is 1. The Morgan fingerprint density at radius 2 is 2.50 bits per heavy atom. The Balaban J connectivity index is 1.87. The first kappa shape index (κ1) is 11.4. The molecule has 0 bridgehead atoms. The fraction of sp³-hybridized carbons (Fsp3) is 0.583. The van der Waals surface area contributed by atoms with Crippen molar-refractivity contribution in [2.24, 2.45) is 11.7 Å². The van der Waals surface area contributed by atoms with Gasteiger partial charge in [0.1, 0.15) is 0 Å². The van der Waals surface area contributed by atoms with Gasteiger partial charge in [-0.1, -0.05) is 0 Å². The molecular formula is C12H18N2O2. The zero-order valence-electron chi connectivity index (χ0n) is 9.39. The lowest BCUT2D eigenvalue weighted by molar-refractivity contribution is 0.0862. The summed E-state index contributed by atoms with van der Waals surface area (Å²) in [5.41, 5.74) is 5.66. The Hall–Kier alpha value is -1.13. The minimum atomic E-state index is 0.0580. The number of likely N-dealkylation sites (tertiary alicyclic amines) is 1. The molecule has 2 heterocycles. The summed E-state index contributed by atoms with van der Waals surface area (Å²) in [5, 5.41) is 0. The maximum absolute atomic E-state index is 11.8. The van der Waals surface area contributed by atoms with Crippen molar-refractivity contribution in [2.75, 3.05) is 26.2 Å². The van der Waals surface area contributed by atoms with Crippen LogP contribution in [-0.2, 0) is 0 Å². The van der Waals surface area contributed by atoms with E-state index in [2.05, 4.69) is 4.90 Å². The van der Waals surface area contributed by atoms with Crippen molar-refractivity contribution in [3.8, 4) is 0 Å². The highest BCUT2D eigenvalue weighted by atomic mass is 16.3. The van der Waals surface area contributed by atoms with Crippen molar-refractivity contribution in [2.45, 2.75) is 12.8 Å². The van der Waals surface area contributed by atoms with Gasteiger partial charge in [-0.05, 0) is 44.0 Å². The standard InChI is InChI=1S/C12H18N2O2/c13-7-10-3-1-5-14(8-10)9-11(15)12-4-2-6-16-12/h2,4,6,10H,1,3,5,7-9,13H2/t10-/m0/s1. The molecule has 1 saturated heterocycles. The number of nitrogens with zero attached hydrogens (tertiary/aromatic N) is 1. The summed E-state index contributed by atoms with van der Waals surface area (Å²) in [4.78, 5) is 14.0. The number of furan rings is 1. The number of rotatable bonds is 4. The molecule has 0 saturated carbocycles. The first-order chi connectivity index (χ1) is 7.79. The number of hydrogen-bond donors (Lipinski definition) is 1. The van der Waals surface area contributed by atoms with Gasteiger partial charge in [0.05, 0.1) is 12.8 Å². The van der Waals surface area contributed by atoms with Gasteiger partial charge in [-0.3, -0.25) is 9.69 Å². The van der Waals surface area contributed by atoms with Gasteiger partial charge in [0, 0.05) is 6.54 Å². The molecule has 1 aromatic heterocycles. The largest absolute Gasteiger partial charge is 0.461 e. The SMILES string of the molecule is NC[C@@H]1CCCN(CC(=O)c2ccco2)C1. The lowest BCUT2D eigenvalue weighted by Gasteiger charge is -2.31. The van der Waals surface area contributed by atoms with Crippen molar-refractivity contribution in [1.82, 2.24) is 4.90 Å². The van der Waals surface area contributed by atoms with E-state index in [-0.39, 0.29) is 5.78 Å². The summed E-state index contributed by atoms with van der Waals surface area (Å²) < 4.78 is 5.09. The summed E-state index contributed by atoms with van der Waals surface area (Å²) in [6.45, 7) is 3.08. The van der Waals surface area contributed by atoms with Crippen molar-refractivity contribution in [1.29, 1.82) is 0 Å². The predicted molar refractivity (Wildman–Crippen MR) is 61.3 cm³/mol. The van der Waals surface area contributed by atoms with Gasteiger partial charge >= 0.3 is 0 Å². The summed E-state index contributed by atoms with van der Waals surface area (Å²) in [7, 11) is 0. The number of carbonyl (C=O) groups excluding carboxylic acids is 1. The molecule has 2 rings (SSSR count). The molecular weight excluding hydrogens is 204 g/mol. The van der Waals surface area contributed by atoms with Gasteiger partial charge in [-0.25, -0.2) is 0 Å². The fourth-order valence-corrected chi connectivity index (χ4v) is 2.21. The van der Waals surface area contributed by atoms with Gasteiger partial charge < -0.3 is 10.2 Å². The smallest absolute Gasteiger partial charge is 0.211 e. The number of Topliss-reactive ketones (excluding diaryl/α,β-unsaturated/α-hetero) is 1. The van der Waals surface area contributed by atoms with E-state index in [4.69, 9.17) is 10.2 Å². The lowest BCUT2D eigenvalue weighted by Crippen LogP contribution is -2.40. The molecule has 0 aromatic carbocycles. The lowest BCUT2D eigenvalue weighted by atomic mass is 9.98. The highest BCUT2D eigenvalue weighted by molar-refractivity contribution is 5.94. The van der Waals surface area contributed by atoms with Crippen molar-refractivity contribution < 1.29 is 9.21 Å². The Kier molecular flexibility index (Phi) is 3.74. The van der Waals surface area contributed by atoms with Crippen LogP contribution in [-0.4, -0.2) is 36.9 Å². The molecule has 1 fully saturated rings. The molecule has 1 aromatic rings. The molecule has 88 valence electrons. The van der Waals surface area contributed by atoms with Crippen molar-refractivity contribution >= 4 is 5.78 Å². The van der Waals surface area contributed by atoms with Crippen LogP contribution in [0.2, 0.25) is 0 Å². The Morgan fingerprint density at radius 1 is 1.62 bits per heavy atom. The summed E-state index contributed by atoms with van der Waals surface area (Å²) in [5.74, 6) is 1.05. The second-order valence-corrected chi connectivity index (χ2v) is 4.38. The van der Waals surface area contributed by atoms with Crippen LogP contribution < -0.4 is 5.73 Å². The van der Waals surface area contributed by atoms with Crippen LogP contribution in [0.15, 0.2) is 22.8 Å². The van der Waals surface area contributed by atoms with Gasteiger partial charge in [-0.2, -0.15) is 0 Å². The summed E-state index contributed by atoms with van der Waals surface area (Å²) in [6.07, 6.45) is 3.85. The quantitative estimate of drug-likeness (QED) is 0.776. The van der Waals surface area contributed by atoms with Crippen molar-refractivity contribution in [3.63, 3.8) is 0 Å². The number of nitrogens with two attached hydrogens (primary N) is 1. The average molecular weight is 222 g/mol. The number of ketones is 1. The van der Waals surface area contributed by atoms with Crippen LogP contribution in [0.3, 0.4) is 0 Å². The molecule has 1 atom stereocenters. The third-order valence-corrected chi connectivity index (χ3v) is 3.10. The van der Waals surface area contributed by atoms with Gasteiger partial charge in [0.2, 0.25) is 5.78 Å². The van der Waals surface area contributed by atoms with E-state index in [9.17, 15) is 4.79 Å². The summed E-state index contributed by atoms with van der Waals surface area (Å²) in [6, 6.07) is 3.46. The topological polar surface area (TPSA) is 59.5 Å². The molecule has 1 aliphatic rings. The van der Waals surface area contributed by atoms with E-state index >= 15 is 0 Å². The predicted octanol–water partition coefficient (Wildman–Crippen LogP) is 1.13. The molecule has 4 nitrogen and oxygen atoms in total. The molecule has 0 unspecified atom stereocenters. The number of piperidine rings is 1. The van der Waals surface area contributed by atoms with E-state index in [0.29, 0.717) is 24.8 Å². The summed E-state index contributed by atoms with van der Waals surface area (Å²) >= 11 is 0. The first-order valence-electron chi connectivity index (χ1n) is 5.78. The van der Waals surface area contributed by atoms with E-state index in [0.717, 1.165) is 19.5 Å². The fourth-order valence-electron chi connectivity index (χ4n) is 2.21.